The van der Waals surface area contributed by atoms with Crippen LogP contribution in [0.1, 0.15) is 28.8 Å². The molecular formula is C25H25N3O3. The van der Waals surface area contributed by atoms with Gasteiger partial charge in [0.2, 0.25) is 11.8 Å². The number of rotatable bonds is 6. The Morgan fingerprint density at radius 3 is 2.61 bits per heavy atom. The Labute approximate surface area is 181 Å². The molecule has 6 nitrogen and oxygen atoms in total. The van der Waals surface area contributed by atoms with Crippen LogP contribution in [-0.4, -0.2) is 47.7 Å². The van der Waals surface area contributed by atoms with E-state index in [4.69, 9.17) is 0 Å². The van der Waals surface area contributed by atoms with Crippen LogP contribution in [0.5, 0.6) is 0 Å². The lowest BCUT2D eigenvalue weighted by molar-refractivity contribution is -0.128. The van der Waals surface area contributed by atoms with Gasteiger partial charge in [0.05, 0.1) is 6.54 Å². The van der Waals surface area contributed by atoms with Crippen LogP contribution in [-0.2, 0) is 16.1 Å². The van der Waals surface area contributed by atoms with E-state index in [0.717, 1.165) is 35.0 Å². The zero-order valence-electron chi connectivity index (χ0n) is 17.5. The highest BCUT2D eigenvalue weighted by Crippen LogP contribution is 2.23. The van der Waals surface area contributed by atoms with Crippen molar-refractivity contribution in [3.8, 4) is 0 Å². The minimum atomic E-state index is -0.258. The van der Waals surface area contributed by atoms with E-state index in [1.165, 1.54) is 4.90 Å². The number of fused-ring (bicyclic) bond motifs is 1. The van der Waals surface area contributed by atoms with E-state index in [-0.39, 0.29) is 24.3 Å². The second-order valence-corrected chi connectivity index (χ2v) is 7.86. The van der Waals surface area contributed by atoms with Gasteiger partial charge < -0.3 is 15.1 Å². The summed E-state index contributed by atoms with van der Waals surface area (Å²) in [5.74, 6) is -0.340. The third-order valence-electron chi connectivity index (χ3n) is 5.51. The van der Waals surface area contributed by atoms with E-state index in [1.54, 1.807) is 19.2 Å². The molecule has 1 heterocycles. The van der Waals surface area contributed by atoms with Gasteiger partial charge in [0.15, 0.2) is 0 Å². The number of amides is 3. The topological polar surface area (TPSA) is 69.7 Å². The molecule has 6 heteroatoms. The fourth-order valence-electron chi connectivity index (χ4n) is 3.93. The lowest BCUT2D eigenvalue weighted by atomic mass is 10.1. The number of hydrogen-bond acceptors (Lipinski definition) is 3. The third-order valence-corrected chi connectivity index (χ3v) is 5.51. The zero-order valence-corrected chi connectivity index (χ0v) is 17.5. The van der Waals surface area contributed by atoms with Crippen LogP contribution < -0.4 is 5.32 Å². The minimum absolute atomic E-state index is 0.0586. The quantitative estimate of drug-likeness (QED) is 0.668. The molecule has 0 spiro atoms. The minimum Gasteiger partial charge on any atom is -0.338 e. The van der Waals surface area contributed by atoms with Crippen molar-refractivity contribution >= 4 is 34.2 Å². The number of carbonyl (C=O) groups excluding carboxylic acids is 3. The van der Waals surface area contributed by atoms with Crippen molar-refractivity contribution in [3.05, 3.63) is 77.9 Å². The highest BCUT2D eigenvalue weighted by Gasteiger charge is 2.21. The monoisotopic (exact) mass is 415 g/mol. The summed E-state index contributed by atoms with van der Waals surface area (Å²) < 4.78 is 0. The molecule has 1 N–H and O–H groups in total. The van der Waals surface area contributed by atoms with Crippen molar-refractivity contribution in [2.75, 3.05) is 25.5 Å². The summed E-state index contributed by atoms with van der Waals surface area (Å²) in [6, 6.07) is 20.8. The van der Waals surface area contributed by atoms with Gasteiger partial charge in [-0.1, -0.05) is 48.5 Å². The molecule has 0 saturated carbocycles. The summed E-state index contributed by atoms with van der Waals surface area (Å²) in [6.45, 7) is 1.20. The van der Waals surface area contributed by atoms with Crippen molar-refractivity contribution in [1.29, 1.82) is 0 Å². The Morgan fingerprint density at radius 1 is 1.03 bits per heavy atom. The smallest absolute Gasteiger partial charge is 0.254 e. The van der Waals surface area contributed by atoms with Crippen molar-refractivity contribution in [3.63, 3.8) is 0 Å². The molecule has 0 aliphatic carbocycles. The van der Waals surface area contributed by atoms with Crippen molar-refractivity contribution < 1.29 is 14.4 Å². The summed E-state index contributed by atoms with van der Waals surface area (Å²) in [5, 5.41) is 4.90. The maximum atomic E-state index is 12.9. The third kappa shape index (κ3) is 4.74. The second-order valence-electron chi connectivity index (χ2n) is 7.86. The van der Waals surface area contributed by atoms with Gasteiger partial charge in [0, 0.05) is 43.2 Å². The Bertz CT molecular complexity index is 1140. The maximum absolute atomic E-state index is 12.9. The maximum Gasteiger partial charge on any atom is 0.254 e. The molecule has 1 aliphatic rings. The normalized spacial score (nSPS) is 13.5. The van der Waals surface area contributed by atoms with Gasteiger partial charge in [0.1, 0.15) is 0 Å². The van der Waals surface area contributed by atoms with Crippen LogP contribution in [0.15, 0.2) is 66.7 Å². The first-order chi connectivity index (χ1) is 15.0. The molecule has 31 heavy (non-hydrogen) atoms. The molecule has 1 saturated heterocycles. The van der Waals surface area contributed by atoms with Gasteiger partial charge in [-0.05, 0) is 35.6 Å². The fraction of sp³-hybridized carbons (Fsp3) is 0.240. The Balaban J connectivity index is 1.40. The predicted octanol–water partition coefficient (Wildman–Crippen LogP) is 3.67. The van der Waals surface area contributed by atoms with Gasteiger partial charge in [-0.3, -0.25) is 14.4 Å². The number of likely N-dealkylation sites (tertiary alicyclic amines) is 1. The molecule has 3 aromatic carbocycles. The molecule has 0 aromatic heterocycles. The number of anilines is 1. The van der Waals surface area contributed by atoms with Gasteiger partial charge >= 0.3 is 0 Å². The van der Waals surface area contributed by atoms with Crippen molar-refractivity contribution in [2.24, 2.45) is 0 Å². The highest BCUT2D eigenvalue weighted by molar-refractivity contribution is 6.04. The highest BCUT2D eigenvalue weighted by atomic mass is 16.2. The van der Waals surface area contributed by atoms with Crippen LogP contribution in [0, 0.1) is 0 Å². The van der Waals surface area contributed by atoms with Crippen molar-refractivity contribution in [1.82, 2.24) is 9.80 Å². The molecule has 0 radical (unpaired) electrons. The predicted molar refractivity (Wildman–Crippen MR) is 121 cm³/mol. The van der Waals surface area contributed by atoms with Gasteiger partial charge in [-0.25, -0.2) is 0 Å². The number of carbonyl (C=O) groups is 3. The molecule has 1 fully saturated rings. The summed E-state index contributed by atoms with van der Waals surface area (Å²) in [6.07, 6.45) is 1.47. The Kier molecular flexibility index (Phi) is 5.98. The summed E-state index contributed by atoms with van der Waals surface area (Å²) in [4.78, 5) is 40.5. The summed E-state index contributed by atoms with van der Waals surface area (Å²) >= 11 is 0. The molecule has 4 rings (SSSR count). The molecule has 158 valence electrons. The van der Waals surface area contributed by atoms with Gasteiger partial charge in [-0.2, -0.15) is 0 Å². The van der Waals surface area contributed by atoms with E-state index in [1.807, 2.05) is 59.5 Å². The fourth-order valence-corrected chi connectivity index (χ4v) is 3.93. The summed E-state index contributed by atoms with van der Waals surface area (Å²) in [5.41, 5.74) is 2.14. The van der Waals surface area contributed by atoms with Crippen LogP contribution in [0.25, 0.3) is 10.8 Å². The lowest BCUT2D eigenvalue weighted by Gasteiger charge is -2.19. The van der Waals surface area contributed by atoms with Crippen LogP contribution in [0.3, 0.4) is 0 Å². The lowest BCUT2D eigenvalue weighted by Crippen LogP contribution is -2.35. The van der Waals surface area contributed by atoms with E-state index in [9.17, 15) is 14.4 Å². The summed E-state index contributed by atoms with van der Waals surface area (Å²) in [7, 11) is 1.61. The average molecular weight is 415 g/mol. The Hall–Kier alpha value is -3.67. The van der Waals surface area contributed by atoms with Crippen LogP contribution >= 0.6 is 0 Å². The molecule has 1 aliphatic heterocycles. The van der Waals surface area contributed by atoms with E-state index in [0.29, 0.717) is 18.5 Å². The Morgan fingerprint density at radius 2 is 1.81 bits per heavy atom. The SMILES string of the molecule is CN(CC(=O)Nc1cccc2ccccc12)C(=O)c1cccc(CN2CCCC2=O)c1. The largest absolute Gasteiger partial charge is 0.338 e. The van der Waals surface area contributed by atoms with E-state index < -0.39 is 0 Å². The first kappa shape index (κ1) is 20.6. The number of nitrogens with zero attached hydrogens (tertiary/aromatic N) is 2. The van der Waals surface area contributed by atoms with Crippen LogP contribution in [0.2, 0.25) is 0 Å². The molecule has 0 bridgehead atoms. The standard InChI is InChI=1S/C25H25N3O3/c1-27(17-23(29)26-22-12-5-9-19-8-2-3-11-21(19)22)25(31)20-10-4-7-18(15-20)16-28-14-6-13-24(28)30/h2-5,7-12,15H,6,13-14,16-17H2,1H3,(H,26,29). The molecule has 3 amide bonds. The first-order valence-electron chi connectivity index (χ1n) is 10.4. The average Bonchev–Trinajstić information content (AvgIpc) is 3.18. The second kappa shape index (κ2) is 9.00. The number of likely N-dealkylation sites (N-methyl/N-ethyl adjacent to an activating group) is 1. The van der Waals surface area contributed by atoms with Crippen LogP contribution in [0.4, 0.5) is 5.69 Å². The molecule has 0 unspecified atom stereocenters. The van der Waals surface area contributed by atoms with Gasteiger partial charge in [-0.15, -0.1) is 0 Å². The molecular weight excluding hydrogens is 390 g/mol. The molecule has 0 atom stereocenters. The van der Waals surface area contributed by atoms with E-state index in [2.05, 4.69) is 5.32 Å². The first-order valence-corrected chi connectivity index (χ1v) is 10.4. The number of benzene rings is 3. The van der Waals surface area contributed by atoms with Gasteiger partial charge in [0.25, 0.3) is 5.91 Å². The number of hydrogen-bond donors (Lipinski definition) is 1. The van der Waals surface area contributed by atoms with E-state index >= 15 is 0 Å². The van der Waals surface area contributed by atoms with Crippen molar-refractivity contribution in [2.45, 2.75) is 19.4 Å². The zero-order chi connectivity index (χ0) is 21.8. The molecule has 3 aromatic rings. The number of nitrogens with one attached hydrogen (secondary N) is 1.